The summed E-state index contributed by atoms with van der Waals surface area (Å²) < 4.78 is 5.62. The van der Waals surface area contributed by atoms with Gasteiger partial charge in [0.05, 0.1) is 19.2 Å². The number of fused-ring (bicyclic) bond motifs is 1. The minimum absolute atomic E-state index is 0.148. The molecule has 0 fully saturated rings. The lowest BCUT2D eigenvalue weighted by Gasteiger charge is -2.04. The largest absolute Gasteiger partial charge is 0.494 e. The van der Waals surface area contributed by atoms with Crippen molar-refractivity contribution in [2.45, 2.75) is 26.2 Å². The zero-order chi connectivity index (χ0) is 18.2. The zero-order valence-electron chi connectivity index (χ0n) is 14.9. The van der Waals surface area contributed by atoms with E-state index in [1.807, 2.05) is 54.7 Å². The van der Waals surface area contributed by atoms with E-state index >= 15 is 0 Å². The summed E-state index contributed by atoms with van der Waals surface area (Å²) in [7, 11) is 0. The van der Waals surface area contributed by atoms with Crippen molar-refractivity contribution < 1.29 is 9.53 Å². The highest BCUT2D eigenvalue weighted by Crippen LogP contribution is 2.18. The maximum Gasteiger partial charge on any atom is 0.244 e. The summed E-state index contributed by atoms with van der Waals surface area (Å²) in [6, 6.07) is 15.6. The van der Waals surface area contributed by atoms with Crippen LogP contribution in [-0.4, -0.2) is 23.7 Å². The summed E-state index contributed by atoms with van der Waals surface area (Å²) in [5, 5.41) is 5.09. The molecule has 0 saturated heterocycles. The van der Waals surface area contributed by atoms with E-state index in [4.69, 9.17) is 4.74 Å². The number of hydrazone groups is 1. The molecule has 0 unspecified atom stereocenters. The van der Waals surface area contributed by atoms with Gasteiger partial charge in [0.2, 0.25) is 5.91 Å². The van der Waals surface area contributed by atoms with Crippen molar-refractivity contribution in [1.29, 1.82) is 0 Å². The first-order chi connectivity index (χ1) is 12.8. The van der Waals surface area contributed by atoms with Crippen molar-refractivity contribution in [1.82, 2.24) is 10.4 Å². The molecule has 5 heteroatoms. The molecular formula is C21H23N3O2. The van der Waals surface area contributed by atoms with Crippen molar-refractivity contribution >= 4 is 23.0 Å². The van der Waals surface area contributed by atoms with Crippen LogP contribution in [0.15, 0.2) is 59.8 Å². The molecule has 0 bridgehead atoms. The molecule has 0 radical (unpaired) electrons. The number of carbonyl (C=O) groups excluding carboxylic acids is 1. The highest BCUT2D eigenvalue weighted by atomic mass is 16.5. The van der Waals surface area contributed by atoms with Crippen LogP contribution in [0.1, 0.15) is 30.9 Å². The lowest BCUT2D eigenvalue weighted by molar-refractivity contribution is -0.120. The lowest BCUT2D eigenvalue weighted by atomic mass is 10.1. The molecule has 0 saturated carbocycles. The number of amides is 1. The highest BCUT2D eigenvalue weighted by molar-refractivity contribution is 5.89. The third kappa shape index (κ3) is 4.72. The number of aromatic nitrogens is 1. The fraction of sp³-hybridized carbons (Fsp3) is 0.238. The molecule has 0 aliphatic heterocycles. The number of benzene rings is 2. The predicted octanol–water partition coefficient (Wildman–Crippen LogP) is 4.04. The van der Waals surface area contributed by atoms with Crippen LogP contribution in [0.4, 0.5) is 0 Å². The molecule has 1 amide bonds. The van der Waals surface area contributed by atoms with E-state index in [9.17, 15) is 4.79 Å². The van der Waals surface area contributed by atoms with E-state index in [0.29, 0.717) is 0 Å². The molecule has 0 spiro atoms. The van der Waals surface area contributed by atoms with E-state index in [0.717, 1.165) is 47.2 Å². The first kappa shape index (κ1) is 17.7. The van der Waals surface area contributed by atoms with Crippen LogP contribution < -0.4 is 10.2 Å². The van der Waals surface area contributed by atoms with Crippen molar-refractivity contribution in [2.75, 3.05) is 6.61 Å². The second-order valence-electron chi connectivity index (χ2n) is 6.10. The zero-order valence-corrected chi connectivity index (χ0v) is 14.9. The molecular weight excluding hydrogens is 326 g/mol. The predicted molar refractivity (Wildman–Crippen MR) is 105 cm³/mol. The summed E-state index contributed by atoms with van der Waals surface area (Å²) in [6.07, 6.45) is 5.94. The Morgan fingerprint density at radius 1 is 1.19 bits per heavy atom. The van der Waals surface area contributed by atoms with Crippen molar-refractivity contribution in [3.8, 4) is 5.75 Å². The third-order valence-electron chi connectivity index (χ3n) is 4.08. The molecule has 3 aromatic rings. The Morgan fingerprint density at radius 2 is 2.00 bits per heavy atom. The van der Waals surface area contributed by atoms with Gasteiger partial charge in [-0.15, -0.1) is 0 Å². The maximum absolute atomic E-state index is 12.1. The van der Waals surface area contributed by atoms with Gasteiger partial charge >= 0.3 is 0 Å². The number of para-hydroxylation sites is 1. The van der Waals surface area contributed by atoms with Gasteiger partial charge in [-0.25, -0.2) is 5.43 Å². The first-order valence-corrected chi connectivity index (χ1v) is 8.86. The Morgan fingerprint density at radius 3 is 2.81 bits per heavy atom. The number of rotatable bonds is 8. The smallest absolute Gasteiger partial charge is 0.244 e. The minimum atomic E-state index is -0.148. The van der Waals surface area contributed by atoms with Gasteiger partial charge in [0.1, 0.15) is 5.75 Å². The van der Waals surface area contributed by atoms with Gasteiger partial charge in [-0.1, -0.05) is 31.5 Å². The van der Waals surface area contributed by atoms with E-state index in [2.05, 4.69) is 22.4 Å². The fourth-order valence-corrected chi connectivity index (χ4v) is 2.65. The third-order valence-corrected chi connectivity index (χ3v) is 4.08. The molecule has 134 valence electrons. The second-order valence-corrected chi connectivity index (χ2v) is 6.10. The van der Waals surface area contributed by atoms with Gasteiger partial charge in [0.25, 0.3) is 0 Å². The fourth-order valence-electron chi connectivity index (χ4n) is 2.65. The van der Waals surface area contributed by atoms with E-state index < -0.39 is 0 Å². The number of nitrogens with one attached hydrogen (secondary N) is 2. The Labute approximate surface area is 153 Å². The molecule has 3 rings (SSSR count). The van der Waals surface area contributed by atoms with Gasteiger partial charge < -0.3 is 9.72 Å². The topological polar surface area (TPSA) is 66.5 Å². The average molecular weight is 349 g/mol. The van der Waals surface area contributed by atoms with Gasteiger partial charge in [-0.3, -0.25) is 4.79 Å². The molecule has 2 N–H and O–H groups in total. The van der Waals surface area contributed by atoms with Crippen LogP contribution in [0.5, 0.6) is 5.75 Å². The number of unbranched alkanes of at least 4 members (excludes halogenated alkanes) is 1. The molecule has 1 heterocycles. The van der Waals surface area contributed by atoms with Gasteiger partial charge in [0, 0.05) is 17.1 Å². The van der Waals surface area contributed by atoms with Crippen LogP contribution in [0.3, 0.4) is 0 Å². The standard InChI is InChI=1S/C21H23N3O2/c1-2-3-12-26-18-10-8-16(9-11-18)14-23-24-21(25)13-17-15-22-20-7-5-4-6-19(17)20/h4-11,14-15,22H,2-3,12-13H2,1H3,(H,24,25)/b23-14-. The minimum Gasteiger partial charge on any atom is -0.494 e. The van der Waals surface area contributed by atoms with Crippen molar-refractivity contribution in [3.63, 3.8) is 0 Å². The SMILES string of the molecule is CCCCOc1ccc(/C=N\NC(=O)Cc2c[nH]c3ccccc23)cc1. The molecule has 5 nitrogen and oxygen atoms in total. The molecule has 0 atom stereocenters. The second kappa shape index (κ2) is 8.85. The van der Waals surface area contributed by atoms with E-state index in [1.54, 1.807) is 6.21 Å². The number of aromatic amines is 1. The summed E-state index contributed by atoms with van der Waals surface area (Å²) >= 11 is 0. The Bertz CT molecular complexity index is 882. The summed E-state index contributed by atoms with van der Waals surface area (Å²) in [6.45, 7) is 2.86. The van der Waals surface area contributed by atoms with Crippen molar-refractivity contribution in [3.05, 3.63) is 65.9 Å². The van der Waals surface area contributed by atoms with E-state index in [1.165, 1.54) is 0 Å². The molecule has 2 aromatic carbocycles. The first-order valence-electron chi connectivity index (χ1n) is 8.86. The summed E-state index contributed by atoms with van der Waals surface area (Å²) in [5.41, 5.74) is 5.47. The molecule has 0 aliphatic carbocycles. The van der Waals surface area contributed by atoms with Crippen LogP contribution in [0, 0.1) is 0 Å². The number of hydrogen-bond donors (Lipinski definition) is 2. The number of nitrogens with zero attached hydrogens (tertiary/aromatic N) is 1. The summed E-state index contributed by atoms with van der Waals surface area (Å²) in [5.74, 6) is 0.699. The molecule has 1 aromatic heterocycles. The van der Waals surface area contributed by atoms with Crippen molar-refractivity contribution in [2.24, 2.45) is 5.10 Å². The average Bonchev–Trinajstić information content (AvgIpc) is 3.06. The normalized spacial score (nSPS) is 11.1. The number of carbonyl (C=O) groups is 1. The Kier molecular flexibility index (Phi) is 6.04. The van der Waals surface area contributed by atoms with Gasteiger partial charge in [-0.05, 0) is 47.9 Å². The maximum atomic E-state index is 12.1. The monoisotopic (exact) mass is 349 g/mol. The Balaban J connectivity index is 1.51. The van der Waals surface area contributed by atoms with Crippen LogP contribution in [0.2, 0.25) is 0 Å². The van der Waals surface area contributed by atoms with Crippen LogP contribution in [-0.2, 0) is 11.2 Å². The number of ether oxygens (including phenoxy) is 1. The number of hydrogen-bond acceptors (Lipinski definition) is 3. The quantitative estimate of drug-likeness (QED) is 0.366. The number of H-pyrrole nitrogens is 1. The highest BCUT2D eigenvalue weighted by Gasteiger charge is 2.07. The lowest BCUT2D eigenvalue weighted by Crippen LogP contribution is -2.19. The van der Waals surface area contributed by atoms with E-state index in [-0.39, 0.29) is 12.3 Å². The van der Waals surface area contributed by atoms with Crippen LogP contribution in [0.25, 0.3) is 10.9 Å². The van der Waals surface area contributed by atoms with Gasteiger partial charge in [-0.2, -0.15) is 5.10 Å². The summed E-state index contributed by atoms with van der Waals surface area (Å²) in [4.78, 5) is 15.3. The van der Waals surface area contributed by atoms with Gasteiger partial charge in [0.15, 0.2) is 0 Å². The Hall–Kier alpha value is -3.08. The molecule has 26 heavy (non-hydrogen) atoms. The molecule has 0 aliphatic rings. The van der Waals surface area contributed by atoms with Crippen LogP contribution >= 0.6 is 0 Å².